The topological polar surface area (TPSA) is 97.9 Å². The summed E-state index contributed by atoms with van der Waals surface area (Å²) < 4.78 is 5.43. The highest BCUT2D eigenvalue weighted by Crippen LogP contribution is 2.43. The fourth-order valence-corrected chi connectivity index (χ4v) is 5.27. The average Bonchev–Trinajstić information content (AvgIpc) is 3.25. The van der Waals surface area contributed by atoms with E-state index in [1.165, 1.54) is 4.90 Å². The largest absolute Gasteiger partial charge is 0.508 e. The van der Waals surface area contributed by atoms with Crippen molar-refractivity contribution in [1.82, 2.24) is 20.1 Å². The van der Waals surface area contributed by atoms with Crippen molar-refractivity contribution in [2.75, 3.05) is 20.2 Å². The minimum absolute atomic E-state index is 0.142. The Morgan fingerprint density at radius 2 is 2.03 bits per heavy atom. The van der Waals surface area contributed by atoms with E-state index in [0.717, 1.165) is 33.5 Å². The van der Waals surface area contributed by atoms with E-state index in [-0.39, 0.29) is 23.7 Å². The second-order valence-electron chi connectivity index (χ2n) is 9.48. The van der Waals surface area contributed by atoms with Crippen molar-refractivity contribution in [2.45, 2.75) is 44.8 Å². The first-order valence-electron chi connectivity index (χ1n) is 11.6. The molecule has 0 unspecified atom stereocenters. The highest BCUT2D eigenvalue weighted by Gasteiger charge is 2.59. The molecule has 0 radical (unpaired) electrons. The summed E-state index contributed by atoms with van der Waals surface area (Å²) in [5.41, 5.74) is 2.70. The molecule has 1 aromatic heterocycles. The maximum atomic E-state index is 14.0. The van der Waals surface area contributed by atoms with Gasteiger partial charge in [-0.05, 0) is 41.5 Å². The number of hydrogen-bond donors (Lipinski definition) is 3. The number of aromatic hydroxyl groups is 1. The van der Waals surface area contributed by atoms with Gasteiger partial charge in [0.05, 0.1) is 13.7 Å². The van der Waals surface area contributed by atoms with Crippen molar-refractivity contribution in [2.24, 2.45) is 0 Å². The molecular weight excluding hydrogens is 432 g/mol. The molecule has 0 saturated carbocycles. The lowest BCUT2D eigenvalue weighted by atomic mass is 9.80. The van der Waals surface area contributed by atoms with Gasteiger partial charge in [-0.3, -0.25) is 9.69 Å². The summed E-state index contributed by atoms with van der Waals surface area (Å²) in [6.45, 7) is 5.25. The molecule has 3 aromatic rings. The van der Waals surface area contributed by atoms with Crippen LogP contribution >= 0.6 is 0 Å². The summed E-state index contributed by atoms with van der Waals surface area (Å²) in [4.78, 5) is 34.0. The quantitative estimate of drug-likeness (QED) is 0.469. The number of methoxy groups -OCH3 is 1. The van der Waals surface area contributed by atoms with Gasteiger partial charge in [-0.1, -0.05) is 26.0 Å². The molecule has 8 heteroatoms. The average molecular weight is 463 g/mol. The summed E-state index contributed by atoms with van der Waals surface area (Å²) in [5, 5.41) is 14.3. The van der Waals surface area contributed by atoms with Gasteiger partial charge in [0, 0.05) is 48.6 Å². The standard InChI is InChI=1S/C26H30N4O4/c1-16(2)27-9-10-29-24(32)26(13-17-5-4-6-18(31)11-17)14-21-20-12-19(34-3)7-8-22(20)28-23(21)15-30(26)25(29)33/h4-8,11-12,16,27-28,31H,9-10,13-15H2,1-3H3/t26-/m0/s1. The summed E-state index contributed by atoms with van der Waals surface area (Å²) in [7, 11) is 1.63. The number of hydrogen-bond acceptors (Lipinski definition) is 5. The number of imide groups is 1. The van der Waals surface area contributed by atoms with Crippen molar-refractivity contribution >= 4 is 22.8 Å². The normalized spacial score (nSPS) is 19.8. The molecule has 34 heavy (non-hydrogen) atoms. The van der Waals surface area contributed by atoms with Crippen LogP contribution in [0, 0.1) is 0 Å². The minimum atomic E-state index is -1.05. The Bertz CT molecular complexity index is 1270. The smallest absolute Gasteiger partial charge is 0.328 e. The second kappa shape index (κ2) is 8.36. The molecule has 1 fully saturated rings. The lowest BCUT2D eigenvalue weighted by molar-refractivity contribution is -0.133. The molecule has 0 bridgehead atoms. The van der Waals surface area contributed by atoms with Crippen molar-refractivity contribution in [1.29, 1.82) is 0 Å². The number of nitrogens with one attached hydrogen (secondary N) is 2. The van der Waals surface area contributed by atoms with E-state index in [1.54, 1.807) is 30.2 Å². The maximum Gasteiger partial charge on any atom is 0.328 e. The highest BCUT2D eigenvalue weighted by molar-refractivity contribution is 6.08. The number of fused-ring (bicyclic) bond motifs is 4. The molecule has 3 amide bonds. The van der Waals surface area contributed by atoms with Crippen molar-refractivity contribution in [3.8, 4) is 11.5 Å². The number of phenolic OH excluding ortho intramolecular Hbond substituents is 1. The lowest BCUT2D eigenvalue weighted by Crippen LogP contribution is -2.55. The van der Waals surface area contributed by atoms with Gasteiger partial charge < -0.3 is 25.0 Å². The zero-order valence-corrected chi connectivity index (χ0v) is 19.7. The van der Waals surface area contributed by atoms with Gasteiger partial charge in [-0.15, -0.1) is 0 Å². The number of carbonyl (C=O) groups excluding carboxylic acids is 2. The Labute approximate surface area is 198 Å². The monoisotopic (exact) mass is 462 g/mol. The number of urea groups is 1. The van der Waals surface area contributed by atoms with Gasteiger partial charge in [0.15, 0.2) is 0 Å². The van der Waals surface area contributed by atoms with Crippen LogP contribution in [0.2, 0.25) is 0 Å². The zero-order chi connectivity index (χ0) is 24.0. The molecule has 1 atom stereocenters. The number of amides is 3. The number of phenols is 1. The van der Waals surface area contributed by atoms with Crippen LogP contribution in [0.15, 0.2) is 42.5 Å². The molecule has 3 N–H and O–H groups in total. The molecule has 178 valence electrons. The maximum absolute atomic E-state index is 14.0. The van der Waals surface area contributed by atoms with E-state index < -0.39 is 5.54 Å². The van der Waals surface area contributed by atoms with Gasteiger partial charge >= 0.3 is 6.03 Å². The number of aromatic amines is 1. The molecule has 0 spiro atoms. The van der Waals surface area contributed by atoms with Crippen LogP contribution in [-0.4, -0.2) is 63.6 Å². The number of H-pyrrole nitrogens is 1. The first-order chi connectivity index (χ1) is 16.3. The summed E-state index contributed by atoms with van der Waals surface area (Å²) in [6, 6.07) is 12.8. The first kappa shape index (κ1) is 22.3. The van der Waals surface area contributed by atoms with E-state index >= 15 is 0 Å². The van der Waals surface area contributed by atoms with E-state index in [0.29, 0.717) is 32.5 Å². The van der Waals surface area contributed by atoms with Gasteiger partial charge in [-0.25, -0.2) is 4.79 Å². The number of nitrogens with zero attached hydrogens (tertiary/aromatic N) is 2. The highest BCUT2D eigenvalue weighted by atomic mass is 16.5. The predicted octanol–water partition coefficient (Wildman–Crippen LogP) is 3.18. The van der Waals surface area contributed by atoms with E-state index in [9.17, 15) is 14.7 Å². The number of ether oxygens (including phenoxy) is 1. The number of aromatic nitrogens is 1. The fourth-order valence-electron chi connectivity index (χ4n) is 5.27. The molecule has 5 rings (SSSR count). The molecule has 3 heterocycles. The summed E-state index contributed by atoms with van der Waals surface area (Å²) >= 11 is 0. The molecule has 2 aliphatic heterocycles. The van der Waals surface area contributed by atoms with Gasteiger partial charge in [0.1, 0.15) is 17.0 Å². The van der Waals surface area contributed by atoms with E-state index in [2.05, 4.69) is 10.3 Å². The summed E-state index contributed by atoms with van der Waals surface area (Å²) in [6.07, 6.45) is 0.722. The SMILES string of the molecule is COc1ccc2[nH]c3c(c2c1)C[C@@]1(Cc2cccc(O)c2)C(=O)N(CCNC(C)C)C(=O)N1C3. The molecular formula is C26H30N4O4. The number of benzene rings is 2. The van der Waals surface area contributed by atoms with Crippen molar-refractivity contribution in [3.05, 3.63) is 59.3 Å². The number of rotatable bonds is 7. The van der Waals surface area contributed by atoms with Crippen molar-refractivity contribution in [3.63, 3.8) is 0 Å². The molecule has 8 nitrogen and oxygen atoms in total. The first-order valence-corrected chi connectivity index (χ1v) is 11.6. The third-order valence-corrected chi connectivity index (χ3v) is 6.90. The zero-order valence-electron chi connectivity index (χ0n) is 19.7. The Balaban J connectivity index is 1.58. The van der Waals surface area contributed by atoms with Gasteiger partial charge in [-0.2, -0.15) is 0 Å². The van der Waals surface area contributed by atoms with E-state index in [1.807, 2.05) is 38.1 Å². The van der Waals surface area contributed by atoms with Crippen LogP contribution in [-0.2, 0) is 24.2 Å². The van der Waals surface area contributed by atoms with Gasteiger partial charge in [0.25, 0.3) is 5.91 Å². The van der Waals surface area contributed by atoms with Crippen LogP contribution in [0.4, 0.5) is 4.79 Å². The van der Waals surface area contributed by atoms with Gasteiger partial charge in [0.2, 0.25) is 0 Å². The molecule has 2 aromatic carbocycles. The Morgan fingerprint density at radius 3 is 2.76 bits per heavy atom. The predicted molar refractivity (Wildman–Crippen MR) is 129 cm³/mol. The van der Waals surface area contributed by atoms with Crippen LogP contribution in [0.5, 0.6) is 11.5 Å². The number of carbonyl (C=O) groups is 2. The second-order valence-corrected chi connectivity index (χ2v) is 9.48. The Kier molecular flexibility index (Phi) is 5.48. The lowest BCUT2D eigenvalue weighted by Gasteiger charge is -2.39. The molecule has 1 saturated heterocycles. The Morgan fingerprint density at radius 1 is 1.21 bits per heavy atom. The van der Waals surface area contributed by atoms with Crippen LogP contribution in [0.3, 0.4) is 0 Å². The summed E-state index contributed by atoms with van der Waals surface area (Å²) in [5.74, 6) is 0.701. The van der Waals surface area contributed by atoms with Crippen molar-refractivity contribution < 1.29 is 19.4 Å². The Hall–Kier alpha value is -3.52. The van der Waals surface area contributed by atoms with Crippen LogP contribution < -0.4 is 10.1 Å². The fraction of sp³-hybridized carbons (Fsp3) is 0.385. The van der Waals surface area contributed by atoms with Crippen LogP contribution in [0.25, 0.3) is 10.9 Å². The molecule has 2 aliphatic rings. The van der Waals surface area contributed by atoms with E-state index in [4.69, 9.17) is 4.74 Å². The third kappa shape index (κ3) is 3.58. The van der Waals surface area contributed by atoms with Crippen LogP contribution in [0.1, 0.15) is 30.7 Å². The third-order valence-electron chi connectivity index (χ3n) is 6.90. The minimum Gasteiger partial charge on any atom is -0.508 e. The molecule has 0 aliphatic carbocycles.